The summed E-state index contributed by atoms with van der Waals surface area (Å²) in [4.78, 5) is 3.53. The highest BCUT2D eigenvalue weighted by atomic mass is 32.1. The topological polar surface area (TPSA) is 28.9 Å². The Bertz CT molecular complexity index is 524. The lowest BCUT2D eigenvalue weighted by Crippen LogP contribution is -1.78. The van der Waals surface area contributed by atoms with Crippen LogP contribution in [0.5, 0.6) is 0 Å². The molecule has 1 heterocycles. The smallest absolute Gasteiger partial charge is 0.266 e. The fourth-order valence-corrected chi connectivity index (χ4v) is 2.00. The van der Waals surface area contributed by atoms with Crippen LogP contribution in [0.4, 0.5) is 0 Å². The summed E-state index contributed by atoms with van der Waals surface area (Å²) in [5.74, 6) is 0.964. The van der Waals surface area contributed by atoms with Crippen LogP contribution in [0.3, 0.4) is 0 Å². The molecule has 1 N–H and O–H groups in total. The van der Waals surface area contributed by atoms with Gasteiger partial charge in [0.2, 0.25) is 0 Å². The van der Waals surface area contributed by atoms with Gasteiger partial charge >= 0.3 is 0 Å². The number of hydrogen-bond acceptors (Lipinski definition) is 2. The Morgan fingerprint density at radius 1 is 1.31 bits per heavy atom. The second-order valence-corrected chi connectivity index (χ2v) is 3.52. The molecule has 3 heteroatoms. The Hall–Kier alpha value is -1.35. The van der Waals surface area contributed by atoms with Crippen molar-refractivity contribution in [2.45, 2.75) is 6.42 Å². The van der Waals surface area contributed by atoms with Crippen LogP contribution in [0.1, 0.15) is 11.3 Å². The molecule has 13 heavy (non-hydrogen) atoms. The van der Waals surface area contributed by atoms with Crippen molar-refractivity contribution in [1.82, 2.24) is 4.98 Å². The molecular weight excluding hydrogens is 182 g/mol. The molecule has 2 aromatic rings. The molecule has 0 fully saturated rings. The Balaban J connectivity index is 2.36. The molecule has 3 rings (SSSR count). The predicted octanol–water partition coefficient (Wildman–Crippen LogP) is 2.91. The Kier molecular flexibility index (Phi) is 1.27. The van der Waals surface area contributed by atoms with Gasteiger partial charge in [-0.2, -0.15) is 0 Å². The normalized spacial score (nSPS) is 12.6. The summed E-state index contributed by atoms with van der Waals surface area (Å²) in [5, 5.41) is 0. The van der Waals surface area contributed by atoms with Gasteiger partial charge in [0.15, 0.2) is 0 Å². The van der Waals surface area contributed by atoms with Crippen molar-refractivity contribution in [3.05, 3.63) is 40.4 Å². The van der Waals surface area contributed by atoms with Gasteiger partial charge in [0.25, 0.3) is 4.84 Å². The van der Waals surface area contributed by atoms with Crippen LogP contribution < -0.4 is 0 Å². The minimum absolute atomic E-state index is 0.472. The molecule has 1 aromatic heterocycles. The molecule has 64 valence electrons. The second kappa shape index (κ2) is 2.33. The highest BCUT2D eigenvalue weighted by Crippen LogP contribution is 2.35. The predicted molar refractivity (Wildman–Crippen MR) is 52.1 cm³/mol. The number of oxazole rings is 1. The maximum atomic E-state index is 5.37. The van der Waals surface area contributed by atoms with Crippen LogP contribution in [0, 0.1) is 4.84 Å². The second-order valence-electron chi connectivity index (χ2n) is 3.15. The van der Waals surface area contributed by atoms with E-state index in [1.807, 2.05) is 12.1 Å². The average molecular weight is 189 g/mol. The minimum Gasteiger partial charge on any atom is -0.434 e. The minimum atomic E-state index is 0.472. The van der Waals surface area contributed by atoms with Gasteiger partial charge in [-0.1, -0.05) is 24.3 Å². The Morgan fingerprint density at radius 2 is 2.15 bits per heavy atom. The zero-order valence-corrected chi connectivity index (χ0v) is 7.65. The van der Waals surface area contributed by atoms with E-state index in [2.05, 4.69) is 17.1 Å². The fourth-order valence-electron chi connectivity index (χ4n) is 1.79. The molecule has 0 spiro atoms. The van der Waals surface area contributed by atoms with Gasteiger partial charge in [-0.25, -0.2) is 0 Å². The highest BCUT2D eigenvalue weighted by molar-refractivity contribution is 7.71. The Labute approximate surface area is 80.2 Å². The van der Waals surface area contributed by atoms with E-state index in [9.17, 15) is 0 Å². The third kappa shape index (κ3) is 0.906. The number of rotatable bonds is 0. The third-order valence-electron chi connectivity index (χ3n) is 2.36. The van der Waals surface area contributed by atoms with E-state index in [4.69, 9.17) is 16.6 Å². The van der Waals surface area contributed by atoms with E-state index < -0.39 is 0 Å². The first-order chi connectivity index (χ1) is 6.34. The maximum absolute atomic E-state index is 5.37. The van der Waals surface area contributed by atoms with E-state index in [1.54, 1.807) is 0 Å². The third-order valence-corrected chi connectivity index (χ3v) is 2.54. The first-order valence-corrected chi connectivity index (χ1v) is 4.56. The summed E-state index contributed by atoms with van der Waals surface area (Å²) in [7, 11) is 0. The first kappa shape index (κ1) is 7.09. The number of benzene rings is 1. The van der Waals surface area contributed by atoms with E-state index in [-0.39, 0.29) is 0 Å². The standard InChI is InChI=1S/C10H7NOS/c13-10-11-9-7-4-2-1-3-6(7)5-8(9)12-10/h1-4H,5H2,(H,11,13). The van der Waals surface area contributed by atoms with Crippen molar-refractivity contribution < 1.29 is 4.42 Å². The zero-order chi connectivity index (χ0) is 8.84. The fraction of sp³-hybridized carbons (Fsp3) is 0.100. The number of nitrogens with one attached hydrogen (secondary N) is 1. The summed E-state index contributed by atoms with van der Waals surface area (Å²) in [6.07, 6.45) is 0.860. The van der Waals surface area contributed by atoms with E-state index in [0.717, 1.165) is 17.9 Å². The lowest BCUT2D eigenvalue weighted by Gasteiger charge is -1.95. The summed E-state index contributed by atoms with van der Waals surface area (Å²) >= 11 is 4.93. The SMILES string of the molecule is S=c1[nH]c2c(o1)Cc1ccccc1-2. The van der Waals surface area contributed by atoms with Crippen molar-refractivity contribution in [3.8, 4) is 11.3 Å². The van der Waals surface area contributed by atoms with Gasteiger partial charge in [0.05, 0.1) is 5.69 Å². The molecule has 0 unspecified atom stereocenters. The van der Waals surface area contributed by atoms with Crippen molar-refractivity contribution in [3.63, 3.8) is 0 Å². The molecule has 2 nitrogen and oxygen atoms in total. The van der Waals surface area contributed by atoms with Gasteiger partial charge in [-0.15, -0.1) is 0 Å². The lowest BCUT2D eigenvalue weighted by atomic mass is 10.1. The maximum Gasteiger partial charge on any atom is 0.266 e. The Morgan fingerprint density at radius 3 is 3.08 bits per heavy atom. The summed E-state index contributed by atoms with van der Waals surface area (Å²) in [6.45, 7) is 0. The molecule has 1 aliphatic rings. The molecule has 0 radical (unpaired) electrons. The largest absolute Gasteiger partial charge is 0.434 e. The highest BCUT2D eigenvalue weighted by Gasteiger charge is 2.21. The monoisotopic (exact) mass is 189 g/mol. The molecule has 1 aromatic carbocycles. The summed E-state index contributed by atoms with van der Waals surface area (Å²) in [5.41, 5.74) is 3.58. The molecule has 0 saturated carbocycles. The van der Waals surface area contributed by atoms with Crippen LogP contribution in [0.15, 0.2) is 28.7 Å². The number of H-pyrrole nitrogens is 1. The van der Waals surface area contributed by atoms with E-state index >= 15 is 0 Å². The van der Waals surface area contributed by atoms with Crippen LogP contribution in [0.2, 0.25) is 0 Å². The molecule has 0 bridgehead atoms. The van der Waals surface area contributed by atoms with Crippen LogP contribution >= 0.6 is 12.2 Å². The van der Waals surface area contributed by atoms with E-state index in [1.165, 1.54) is 11.1 Å². The van der Waals surface area contributed by atoms with Crippen LogP contribution in [-0.2, 0) is 6.42 Å². The van der Waals surface area contributed by atoms with Gasteiger partial charge in [0, 0.05) is 12.0 Å². The van der Waals surface area contributed by atoms with Crippen molar-refractivity contribution >= 4 is 12.2 Å². The first-order valence-electron chi connectivity index (χ1n) is 4.15. The summed E-state index contributed by atoms with van der Waals surface area (Å²) < 4.78 is 5.37. The van der Waals surface area contributed by atoms with Gasteiger partial charge in [-0.05, 0) is 17.8 Å². The molecular formula is C10H7NOS. The van der Waals surface area contributed by atoms with Gasteiger partial charge in [0.1, 0.15) is 5.76 Å². The van der Waals surface area contributed by atoms with Crippen molar-refractivity contribution in [1.29, 1.82) is 0 Å². The number of fused-ring (bicyclic) bond motifs is 3. The molecule has 0 atom stereocenters. The molecule has 0 saturated heterocycles. The number of aromatic amines is 1. The molecule has 0 aliphatic heterocycles. The van der Waals surface area contributed by atoms with E-state index in [0.29, 0.717) is 4.84 Å². The van der Waals surface area contributed by atoms with Crippen molar-refractivity contribution in [2.24, 2.45) is 0 Å². The lowest BCUT2D eigenvalue weighted by molar-refractivity contribution is 0.502. The molecule has 0 amide bonds. The average Bonchev–Trinajstić information content (AvgIpc) is 2.60. The number of hydrogen-bond donors (Lipinski definition) is 1. The van der Waals surface area contributed by atoms with Gasteiger partial charge in [-0.3, -0.25) is 0 Å². The van der Waals surface area contributed by atoms with Crippen LogP contribution in [-0.4, -0.2) is 4.98 Å². The summed E-state index contributed by atoms with van der Waals surface area (Å²) in [6, 6.07) is 8.26. The zero-order valence-electron chi connectivity index (χ0n) is 6.83. The quantitative estimate of drug-likeness (QED) is 0.551. The van der Waals surface area contributed by atoms with Crippen LogP contribution in [0.25, 0.3) is 11.3 Å². The van der Waals surface area contributed by atoms with Crippen molar-refractivity contribution in [2.75, 3.05) is 0 Å². The number of aromatic nitrogens is 1. The van der Waals surface area contributed by atoms with Gasteiger partial charge < -0.3 is 9.40 Å². The molecule has 1 aliphatic carbocycles.